The maximum Gasteiger partial charge on any atom is 0.0426 e. The Morgan fingerprint density at radius 1 is 1.00 bits per heavy atom. The van der Waals surface area contributed by atoms with E-state index in [4.69, 9.17) is 23.2 Å². The summed E-state index contributed by atoms with van der Waals surface area (Å²) < 4.78 is 0. The predicted molar refractivity (Wildman–Crippen MR) is 88.6 cm³/mol. The van der Waals surface area contributed by atoms with Crippen LogP contribution in [0.5, 0.6) is 0 Å². The zero-order chi connectivity index (χ0) is 14.7. The lowest BCUT2D eigenvalue weighted by Gasteiger charge is -2.14. The van der Waals surface area contributed by atoms with E-state index in [0.717, 1.165) is 12.1 Å². The summed E-state index contributed by atoms with van der Waals surface area (Å²) in [6.45, 7) is 7.21. The lowest BCUT2D eigenvalue weighted by atomic mass is 9.97. The highest BCUT2D eigenvalue weighted by molar-refractivity contribution is 6.35. The molecule has 0 bridgehead atoms. The fourth-order valence-corrected chi connectivity index (χ4v) is 2.66. The second kappa shape index (κ2) is 6.62. The normalized spacial score (nSPS) is 11.1. The Morgan fingerprint density at radius 3 is 2.25 bits per heavy atom. The van der Waals surface area contributed by atoms with Gasteiger partial charge in [0.2, 0.25) is 0 Å². The molecule has 3 heteroatoms. The van der Waals surface area contributed by atoms with E-state index in [-0.39, 0.29) is 0 Å². The highest BCUT2D eigenvalue weighted by Gasteiger charge is 2.08. The highest BCUT2D eigenvalue weighted by atomic mass is 35.5. The molecule has 0 saturated heterocycles. The van der Waals surface area contributed by atoms with Gasteiger partial charge in [-0.15, -0.1) is 0 Å². The average molecular weight is 308 g/mol. The predicted octanol–water partition coefficient (Wildman–Crippen LogP) is 5.47. The summed E-state index contributed by atoms with van der Waals surface area (Å²) in [7, 11) is 0. The first-order valence-corrected chi connectivity index (χ1v) is 7.50. The first kappa shape index (κ1) is 15.4. The number of hydrogen-bond acceptors (Lipinski definition) is 1. The van der Waals surface area contributed by atoms with Crippen molar-refractivity contribution < 1.29 is 0 Å². The van der Waals surface area contributed by atoms with Crippen LogP contribution in [0.2, 0.25) is 10.0 Å². The molecular weight excluding hydrogens is 289 g/mol. The van der Waals surface area contributed by atoms with Crippen molar-refractivity contribution in [2.24, 2.45) is 0 Å². The molecule has 0 atom stereocenters. The molecule has 2 aromatic rings. The third-order valence-corrected chi connectivity index (χ3v) is 3.58. The smallest absolute Gasteiger partial charge is 0.0426 e. The summed E-state index contributed by atoms with van der Waals surface area (Å²) in [5.74, 6) is 0. The Balaban J connectivity index is 2.45. The average Bonchev–Trinajstić information content (AvgIpc) is 2.36. The molecule has 0 aliphatic heterocycles. The van der Waals surface area contributed by atoms with Crippen molar-refractivity contribution in [1.29, 1.82) is 0 Å². The summed E-state index contributed by atoms with van der Waals surface area (Å²) >= 11 is 12.2. The lowest BCUT2D eigenvalue weighted by Crippen LogP contribution is -2.22. The van der Waals surface area contributed by atoms with Gasteiger partial charge in [-0.2, -0.15) is 0 Å². The quantitative estimate of drug-likeness (QED) is 0.790. The third-order valence-electron chi connectivity index (χ3n) is 3.14. The largest absolute Gasteiger partial charge is 0.310 e. The first-order chi connectivity index (χ1) is 9.45. The van der Waals surface area contributed by atoms with Crippen molar-refractivity contribution in [3.8, 4) is 11.1 Å². The molecule has 2 aromatic carbocycles. The summed E-state index contributed by atoms with van der Waals surface area (Å²) in [4.78, 5) is 0. The van der Waals surface area contributed by atoms with Crippen LogP contribution < -0.4 is 5.32 Å². The zero-order valence-electron chi connectivity index (χ0n) is 12.0. The van der Waals surface area contributed by atoms with Gasteiger partial charge in [-0.25, -0.2) is 0 Å². The maximum absolute atomic E-state index is 6.12. The Labute approximate surface area is 130 Å². The molecule has 0 spiro atoms. The van der Waals surface area contributed by atoms with E-state index in [1.54, 1.807) is 6.07 Å². The fourth-order valence-electron chi connectivity index (χ4n) is 2.14. The van der Waals surface area contributed by atoms with Crippen LogP contribution in [0.3, 0.4) is 0 Å². The van der Waals surface area contributed by atoms with Crippen LogP contribution >= 0.6 is 23.2 Å². The van der Waals surface area contributed by atoms with Crippen LogP contribution in [-0.4, -0.2) is 6.04 Å². The fraction of sp³-hybridized carbons (Fsp3) is 0.294. The van der Waals surface area contributed by atoms with Crippen LogP contribution in [-0.2, 0) is 6.54 Å². The number of aryl methyl sites for hydroxylation is 1. The van der Waals surface area contributed by atoms with Gasteiger partial charge >= 0.3 is 0 Å². The monoisotopic (exact) mass is 307 g/mol. The van der Waals surface area contributed by atoms with E-state index in [1.165, 1.54) is 16.7 Å². The second-order valence-corrected chi connectivity index (χ2v) is 6.23. The van der Waals surface area contributed by atoms with Crippen molar-refractivity contribution in [2.75, 3.05) is 0 Å². The van der Waals surface area contributed by atoms with Crippen molar-refractivity contribution in [1.82, 2.24) is 5.32 Å². The Hall–Kier alpha value is -1.02. The van der Waals surface area contributed by atoms with Gasteiger partial charge in [0.25, 0.3) is 0 Å². The first-order valence-electron chi connectivity index (χ1n) is 6.75. The SMILES string of the molecule is Cc1ccc(CNC(C)C)c(-c2cc(Cl)cc(Cl)c2)c1. The van der Waals surface area contributed by atoms with E-state index < -0.39 is 0 Å². The minimum absolute atomic E-state index is 0.451. The number of benzene rings is 2. The van der Waals surface area contributed by atoms with Gasteiger partial charge in [0, 0.05) is 22.6 Å². The zero-order valence-corrected chi connectivity index (χ0v) is 13.5. The van der Waals surface area contributed by atoms with Gasteiger partial charge in [0.1, 0.15) is 0 Å². The maximum atomic E-state index is 6.12. The topological polar surface area (TPSA) is 12.0 Å². The Kier molecular flexibility index (Phi) is 5.09. The van der Waals surface area contributed by atoms with Crippen LogP contribution in [0.15, 0.2) is 36.4 Å². The molecule has 0 aliphatic rings. The van der Waals surface area contributed by atoms with E-state index >= 15 is 0 Å². The molecule has 0 heterocycles. The minimum Gasteiger partial charge on any atom is -0.310 e. The summed E-state index contributed by atoms with van der Waals surface area (Å²) in [5.41, 5.74) is 4.72. The van der Waals surface area contributed by atoms with Gasteiger partial charge in [-0.1, -0.05) is 60.8 Å². The van der Waals surface area contributed by atoms with E-state index in [1.807, 2.05) is 12.1 Å². The van der Waals surface area contributed by atoms with Crippen molar-refractivity contribution in [3.63, 3.8) is 0 Å². The van der Waals surface area contributed by atoms with Gasteiger partial charge in [-0.3, -0.25) is 0 Å². The lowest BCUT2D eigenvalue weighted by molar-refractivity contribution is 0.589. The molecule has 0 aromatic heterocycles. The molecule has 0 radical (unpaired) electrons. The molecule has 106 valence electrons. The second-order valence-electron chi connectivity index (χ2n) is 5.35. The van der Waals surface area contributed by atoms with Crippen LogP contribution in [0.4, 0.5) is 0 Å². The van der Waals surface area contributed by atoms with Crippen molar-refractivity contribution in [2.45, 2.75) is 33.4 Å². The van der Waals surface area contributed by atoms with E-state index in [0.29, 0.717) is 16.1 Å². The molecule has 1 N–H and O–H groups in total. The molecule has 1 nitrogen and oxygen atoms in total. The van der Waals surface area contributed by atoms with Gasteiger partial charge < -0.3 is 5.32 Å². The van der Waals surface area contributed by atoms with Gasteiger partial charge in [0.15, 0.2) is 0 Å². The molecule has 0 saturated carbocycles. The molecular formula is C17H19Cl2N. The van der Waals surface area contributed by atoms with Crippen molar-refractivity contribution in [3.05, 3.63) is 57.6 Å². The molecule has 20 heavy (non-hydrogen) atoms. The van der Waals surface area contributed by atoms with Crippen LogP contribution in [0, 0.1) is 6.92 Å². The molecule has 0 aliphatic carbocycles. The highest BCUT2D eigenvalue weighted by Crippen LogP contribution is 2.30. The molecule has 0 unspecified atom stereocenters. The number of halogens is 2. The summed E-state index contributed by atoms with van der Waals surface area (Å²) in [6, 6.07) is 12.6. The number of nitrogens with one attached hydrogen (secondary N) is 1. The summed E-state index contributed by atoms with van der Waals surface area (Å²) in [6.07, 6.45) is 0. The Bertz CT molecular complexity index is 586. The van der Waals surface area contributed by atoms with Crippen LogP contribution in [0.1, 0.15) is 25.0 Å². The van der Waals surface area contributed by atoms with Crippen molar-refractivity contribution >= 4 is 23.2 Å². The van der Waals surface area contributed by atoms with E-state index in [2.05, 4.69) is 44.3 Å². The van der Waals surface area contributed by atoms with E-state index in [9.17, 15) is 0 Å². The summed E-state index contributed by atoms with van der Waals surface area (Å²) in [5, 5.41) is 4.78. The Morgan fingerprint density at radius 2 is 1.65 bits per heavy atom. The van der Waals surface area contributed by atoms with Crippen LogP contribution in [0.25, 0.3) is 11.1 Å². The number of rotatable bonds is 4. The molecule has 0 fully saturated rings. The van der Waals surface area contributed by atoms with Gasteiger partial charge in [-0.05, 0) is 41.8 Å². The standard InChI is InChI=1S/C17H19Cl2N/c1-11(2)20-10-13-5-4-12(3)6-17(13)14-7-15(18)9-16(19)8-14/h4-9,11,20H,10H2,1-3H3. The molecule has 0 amide bonds. The third kappa shape index (κ3) is 3.99. The number of hydrogen-bond donors (Lipinski definition) is 1. The minimum atomic E-state index is 0.451. The van der Waals surface area contributed by atoms with Gasteiger partial charge in [0.05, 0.1) is 0 Å². The molecule has 2 rings (SSSR count).